The summed E-state index contributed by atoms with van der Waals surface area (Å²) in [6.07, 6.45) is 1.49. The molecule has 0 rings (SSSR count). The number of hydrogen-bond donors (Lipinski definition) is 2. The summed E-state index contributed by atoms with van der Waals surface area (Å²) >= 11 is 0. The molecule has 0 aliphatic carbocycles. The molecule has 8 heteroatoms. The maximum atomic E-state index is 11.7. The van der Waals surface area contributed by atoms with Crippen molar-refractivity contribution in [3.05, 3.63) is 0 Å². The van der Waals surface area contributed by atoms with Gasteiger partial charge in [-0.3, -0.25) is 9.59 Å². The first kappa shape index (κ1) is 18.9. The summed E-state index contributed by atoms with van der Waals surface area (Å²) in [5.74, 6) is -2.16. The lowest BCUT2D eigenvalue weighted by Crippen LogP contribution is -2.35. The lowest BCUT2D eigenvalue weighted by atomic mass is 10.0. The fraction of sp³-hybridized carbons (Fsp3) is 0.833. The molecular weight excluding hydrogens is 286 g/mol. The van der Waals surface area contributed by atoms with Gasteiger partial charge in [0.1, 0.15) is 0 Å². The van der Waals surface area contributed by atoms with E-state index in [1.165, 1.54) is 7.11 Å². The van der Waals surface area contributed by atoms with Crippen LogP contribution in [-0.2, 0) is 24.3 Å². The van der Waals surface area contributed by atoms with E-state index in [4.69, 9.17) is 5.11 Å². The Kier molecular flexibility index (Phi) is 8.40. The van der Waals surface area contributed by atoms with Gasteiger partial charge in [0.05, 0.1) is 25.2 Å². The minimum absolute atomic E-state index is 0.186. The SMILES string of the molecule is COC(=O)CCS(=O)(=O)NC(C)CCCC(C)C(=O)O. The second kappa shape index (κ2) is 8.91. The van der Waals surface area contributed by atoms with E-state index in [-0.39, 0.29) is 18.2 Å². The number of rotatable bonds is 10. The van der Waals surface area contributed by atoms with Gasteiger partial charge in [0, 0.05) is 6.04 Å². The van der Waals surface area contributed by atoms with Gasteiger partial charge in [-0.1, -0.05) is 13.3 Å². The van der Waals surface area contributed by atoms with E-state index in [1.54, 1.807) is 13.8 Å². The van der Waals surface area contributed by atoms with Gasteiger partial charge in [-0.25, -0.2) is 13.1 Å². The topological polar surface area (TPSA) is 110 Å². The standard InChI is InChI=1S/C12H23NO6S/c1-9(12(15)16)5-4-6-10(2)13-20(17,18)8-7-11(14)19-3/h9-10,13H,4-8H2,1-3H3,(H,15,16). The molecule has 2 atom stereocenters. The van der Waals surface area contributed by atoms with Crippen LogP contribution < -0.4 is 4.72 Å². The zero-order chi connectivity index (χ0) is 15.8. The number of carboxylic acid groups (broad SMARTS) is 1. The van der Waals surface area contributed by atoms with E-state index >= 15 is 0 Å². The van der Waals surface area contributed by atoms with Crippen LogP contribution in [0.2, 0.25) is 0 Å². The van der Waals surface area contributed by atoms with Gasteiger partial charge < -0.3 is 9.84 Å². The Hall–Kier alpha value is -1.15. The highest BCUT2D eigenvalue weighted by Crippen LogP contribution is 2.10. The van der Waals surface area contributed by atoms with E-state index in [0.717, 1.165) is 0 Å². The van der Waals surface area contributed by atoms with Crippen molar-refractivity contribution in [2.45, 2.75) is 45.6 Å². The highest BCUT2D eigenvalue weighted by molar-refractivity contribution is 7.89. The summed E-state index contributed by atoms with van der Waals surface area (Å²) in [4.78, 5) is 21.5. The largest absolute Gasteiger partial charge is 0.481 e. The number of aliphatic carboxylic acids is 1. The van der Waals surface area contributed by atoms with Crippen LogP contribution in [0.1, 0.15) is 39.5 Å². The minimum Gasteiger partial charge on any atom is -0.481 e. The van der Waals surface area contributed by atoms with Gasteiger partial charge >= 0.3 is 11.9 Å². The number of ether oxygens (including phenoxy) is 1. The molecule has 0 amide bonds. The van der Waals surface area contributed by atoms with E-state index in [0.29, 0.717) is 19.3 Å². The van der Waals surface area contributed by atoms with Crippen LogP contribution in [0.25, 0.3) is 0 Å². The number of nitrogens with one attached hydrogen (secondary N) is 1. The fourth-order valence-electron chi connectivity index (χ4n) is 1.60. The van der Waals surface area contributed by atoms with Crippen molar-refractivity contribution in [3.63, 3.8) is 0 Å². The quantitative estimate of drug-likeness (QED) is 0.576. The van der Waals surface area contributed by atoms with Crippen molar-refractivity contribution < 1.29 is 27.9 Å². The third-order valence-electron chi connectivity index (χ3n) is 2.88. The Morgan fingerprint density at radius 3 is 2.35 bits per heavy atom. The van der Waals surface area contributed by atoms with E-state index in [9.17, 15) is 18.0 Å². The van der Waals surface area contributed by atoms with Crippen molar-refractivity contribution >= 4 is 22.0 Å². The van der Waals surface area contributed by atoms with Crippen LogP contribution in [0.5, 0.6) is 0 Å². The second-order valence-electron chi connectivity index (χ2n) is 4.83. The monoisotopic (exact) mass is 309 g/mol. The third-order valence-corrected chi connectivity index (χ3v) is 4.38. The molecule has 0 saturated carbocycles. The van der Waals surface area contributed by atoms with E-state index < -0.39 is 27.9 Å². The van der Waals surface area contributed by atoms with Crippen molar-refractivity contribution in [1.82, 2.24) is 4.72 Å². The minimum atomic E-state index is -3.52. The molecule has 118 valence electrons. The Morgan fingerprint density at radius 2 is 1.85 bits per heavy atom. The Bertz CT molecular complexity index is 420. The van der Waals surface area contributed by atoms with Crippen molar-refractivity contribution in [1.29, 1.82) is 0 Å². The number of esters is 1. The summed E-state index contributed by atoms with van der Waals surface area (Å²) in [5.41, 5.74) is 0. The lowest BCUT2D eigenvalue weighted by Gasteiger charge is -2.14. The Balaban J connectivity index is 4.03. The predicted molar refractivity (Wildman–Crippen MR) is 73.7 cm³/mol. The second-order valence-corrected chi connectivity index (χ2v) is 6.71. The van der Waals surface area contributed by atoms with Crippen LogP contribution >= 0.6 is 0 Å². The number of sulfonamides is 1. The molecule has 0 aliphatic rings. The number of carboxylic acids is 1. The van der Waals surface area contributed by atoms with Crippen molar-refractivity contribution in [3.8, 4) is 0 Å². The van der Waals surface area contributed by atoms with Crippen LogP contribution in [0, 0.1) is 5.92 Å². The molecular formula is C12H23NO6S. The van der Waals surface area contributed by atoms with Crippen LogP contribution in [0.15, 0.2) is 0 Å². The Morgan fingerprint density at radius 1 is 1.25 bits per heavy atom. The molecule has 0 radical (unpaired) electrons. The fourth-order valence-corrected chi connectivity index (χ4v) is 2.88. The van der Waals surface area contributed by atoms with Gasteiger partial charge in [-0.2, -0.15) is 0 Å². The normalized spacial score (nSPS) is 14.6. The summed E-state index contributed by atoms with van der Waals surface area (Å²) in [5, 5.41) is 8.72. The molecule has 0 spiro atoms. The maximum absolute atomic E-state index is 11.7. The number of carbonyl (C=O) groups is 2. The first-order chi connectivity index (χ1) is 9.18. The lowest BCUT2D eigenvalue weighted by molar-refractivity contribution is -0.141. The third kappa shape index (κ3) is 8.87. The molecule has 7 nitrogen and oxygen atoms in total. The molecule has 0 bridgehead atoms. The molecule has 20 heavy (non-hydrogen) atoms. The van der Waals surface area contributed by atoms with Crippen molar-refractivity contribution in [2.75, 3.05) is 12.9 Å². The van der Waals surface area contributed by atoms with Gasteiger partial charge in [0.25, 0.3) is 0 Å². The molecule has 0 fully saturated rings. The Labute approximate surface area is 119 Å². The predicted octanol–water partition coefficient (Wildman–Crippen LogP) is 0.748. The molecule has 0 aromatic rings. The zero-order valence-electron chi connectivity index (χ0n) is 12.1. The molecule has 0 aliphatic heterocycles. The van der Waals surface area contributed by atoms with Gasteiger partial charge in [0.2, 0.25) is 10.0 Å². The smallest absolute Gasteiger partial charge is 0.306 e. The molecule has 0 saturated heterocycles. The van der Waals surface area contributed by atoms with E-state index in [2.05, 4.69) is 9.46 Å². The number of hydrogen-bond acceptors (Lipinski definition) is 5. The molecule has 0 aromatic carbocycles. The number of methoxy groups -OCH3 is 1. The van der Waals surface area contributed by atoms with Gasteiger partial charge in [0.15, 0.2) is 0 Å². The number of carbonyl (C=O) groups excluding carboxylic acids is 1. The van der Waals surface area contributed by atoms with Gasteiger partial charge in [-0.15, -0.1) is 0 Å². The highest BCUT2D eigenvalue weighted by atomic mass is 32.2. The van der Waals surface area contributed by atoms with Crippen molar-refractivity contribution in [2.24, 2.45) is 5.92 Å². The van der Waals surface area contributed by atoms with Crippen LogP contribution in [0.3, 0.4) is 0 Å². The average Bonchev–Trinajstić information content (AvgIpc) is 2.35. The zero-order valence-corrected chi connectivity index (χ0v) is 12.9. The first-order valence-electron chi connectivity index (χ1n) is 6.47. The summed E-state index contributed by atoms with van der Waals surface area (Å²) < 4.78 is 30.1. The molecule has 2 unspecified atom stereocenters. The van der Waals surface area contributed by atoms with Gasteiger partial charge in [-0.05, 0) is 19.8 Å². The summed E-state index contributed by atoms with van der Waals surface area (Å²) in [6, 6.07) is -0.293. The maximum Gasteiger partial charge on any atom is 0.306 e. The molecule has 0 heterocycles. The van der Waals surface area contributed by atoms with E-state index in [1.807, 2.05) is 0 Å². The summed E-state index contributed by atoms with van der Waals surface area (Å²) in [7, 11) is -2.32. The molecule has 0 aromatic heterocycles. The highest BCUT2D eigenvalue weighted by Gasteiger charge is 2.17. The first-order valence-corrected chi connectivity index (χ1v) is 8.12. The molecule has 2 N–H and O–H groups in total. The van der Waals surface area contributed by atoms with Crippen LogP contribution in [0.4, 0.5) is 0 Å². The van der Waals surface area contributed by atoms with Crippen LogP contribution in [-0.4, -0.2) is 44.4 Å². The average molecular weight is 309 g/mol. The summed E-state index contributed by atoms with van der Waals surface area (Å²) in [6.45, 7) is 3.33.